The number of hydrogen-bond donors (Lipinski definition) is 1. The van der Waals surface area contributed by atoms with Crippen LogP contribution >= 0.6 is 0 Å². The Morgan fingerprint density at radius 2 is 1.61 bits per heavy atom. The lowest BCUT2D eigenvalue weighted by molar-refractivity contribution is -0.136. The summed E-state index contributed by atoms with van der Waals surface area (Å²) in [5, 5.41) is 8.03. The Balaban J connectivity index is 3.14. The van der Waals surface area contributed by atoms with Crippen LogP contribution in [0.25, 0.3) is 16.5 Å². The van der Waals surface area contributed by atoms with Crippen molar-refractivity contribution in [3.8, 4) is 0 Å². The first-order valence-electron chi connectivity index (χ1n) is 7.73. The molecule has 0 saturated heterocycles. The molecule has 1 aromatic carbocycles. The summed E-state index contributed by atoms with van der Waals surface area (Å²) in [5.41, 5.74) is -7.49. The summed E-state index contributed by atoms with van der Waals surface area (Å²) in [6.07, 6.45) is -10.5. The highest BCUT2D eigenvalue weighted by Gasteiger charge is 2.40. The molecule has 0 fully saturated rings. The van der Waals surface area contributed by atoms with Crippen molar-refractivity contribution in [3.05, 3.63) is 51.4 Å². The summed E-state index contributed by atoms with van der Waals surface area (Å²) in [7, 11) is 0. The number of rotatable bonds is 2. The number of benzene rings is 1. The zero-order valence-electron chi connectivity index (χ0n) is 14.7. The van der Waals surface area contributed by atoms with Gasteiger partial charge in [-0.1, -0.05) is 20.8 Å². The Morgan fingerprint density at radius 3 is 2.04 bits per heavy atom. The molecule has 0 aliphatic heterocycles. The first kappa shape index (κ1) is 21.5. The molecule has 28 heavy (non-hydrogen) atoms. The Kier molecular flexibility index (Phi) is 5.13. The molecule has 0 aliphatic carbocycles. The molecule has 0 amide bonds. The van der Waals surface area contributed by atoms with Crippen LogP contribution in [-0.2, 0) is 16.4 Å². The number of fused-ring (bicyclic) bond motifs is 1. The fourth-order valence-electron chi connectivity index (χ4n) is 2.57. The van der Waals surface area contributed by atoms with Gasteiger partial charge in [0.25, 0.3) is 0 Å². The second-order valence-electron chi connectivity index (χ2n) is 7.02. The van der Waals surface area contributed by atoms with Gasteiger partial charge in [-0.3, -0.25) is 0 Å². The Hall–Kier alpha value is -2.78. The lowest BCUT2D eigenvalue weighted by Gasteiger charge is -2.23. The zero-order chi connectivity index (χ0) is 21.7. The molecule has 0 spiro atoms. The molecule has 0 unspecified atom stereocenters. The normalized spacial score (nSPS) is 13.8. The van der Waals surface area contributed by atoms with E-state index in [0.717, 1.165) is 12.1 Å². The van der Waals surface area contributed by atoms with Gasteiger partial charge >= 0.3 is 23.9 Å². The van der Waals surface area contributed by atoms with Crippen molar-refractivity contribution < 1.29 is 40.7 Å². The third kappa shape index (κ3) is 4.37. The van der Waals surface area contributed by atoms with Crippen LogP contribution in [-0.4, -0.2) is 17.3 Å². The second-order valence-corrected chi connectivity index (χ2v) is 7.02. The largest absolute Gasteiger partial charge is 0.478 e. The average molecular weight is 408 g/mol. The first-order valence-corrected chi connectivity index (χ1v) is 7.73. The first-order chi connectivity index (χ1) is 12.5. The van der Waals surface area contributed by atoms with Crippen molar-refractivity contribution in [2.24, 2.45) is 0 Å². The molecule has 1 N–H and O–H groups in total. The highest BCUT2D eigenvalue weighted by molar-refractivity contribution is 5.99. The highest BCUT2D eigenvalue weighted by atomic mass is 19.4. The van der Waals surface area contributed by atoms with Crippen molar-refractivity contribution in [2.75, 3.05) is 0 Å². The smallest absolute Gasteiger partial charge is 0.417 e. The minimum absolute atomic E-state index is 0.0647. The van der Waals surface area contributed by atoms with Gasteiger partial charge in [0.2, 0.25) is 0 Å². The molecular formula is C18H14F6O4. The van der Waals surface area contributed by atoms with E-state index in [0.29, 0.717) is 0 Å². The molecule has 152 valence electrons. The third-order valence-corrected chi connectivity index (χ3v) is 3.88. The quantitative estimate of drug-likeness (QED) is 0.425. The van der Waals surface area contributed by atoms with E-state index in [4.69, 9.17) is 5.11 Å². The maximum absolute atomic E-state index is 13.5. The van der Waals surface area contributed by atoms with E-state index in [-0.39, 0.29) is 17.7 Å². The number of hydrogen-bond acceptors (Lipinski definition) is 3. The molecule has 0 bridgehead atoms. The van der Waals surface area contributed by atoms with Crippen molar-refractivity contribution in [1.82, 2.24) is 0 Å². The predicted octanol–water partition coefficient (Wildman–Crippen LogP) is 5.14. The topological polar surface area (TPSA) is 67.5 Å². The minimum atomic E-state index is -5.23. The third-order valence-electron chi connectivity index (χ3n) is 3.88. The molecule has 0 radical (unpaired) electrons. The van der Waals surface area contributed by atoms with Gasteiger partial charge < -0.3 is 9.52 Å². The van der Waals surface area contributed by atoms with Gasteiger partial charge in [-0.25, -0.2) is 9.59 Å². The number of carboxylic acids is 1. The number of aliphatic carboxylic acids is 1. The van der Waals surface area contributed by atoms with Crippen LogP contribution in [0, 0.1) is 0 Å². The number of carbonyl (C=O) groups is 1. The van der Waals surface area contributed by atoms with Crippen LogP contribution in [0.15, 0.2) is 33.5 Å². The van der Waals surface area contributed by atoms with Crippen molar-refractivity contribution in [1.29, 1.82) is 0 Å². The fourth-order valence-corrected chi connectivity index (χ4v) is 2.57. The molecule has 0 saturated carbocycles. The Labute approximate surface area is 154 Å². The van der Waals surface area contributed by atoms with Crippen LogP contribution in [0.4, 0.5) is 26.3 Å². The average Bonchev–Trinajstić information content (AvgIpc) is 2.48. The van der Waals surface area contributed by atoms with Crippen LogP contribution in [0.2, 0.25) is 0 Å². The van der Waals surface area contributed by atoms with Gasteiger partial charge in [-0.05, 0) is 23.1 Å². The van der Waals surface area contributed by atoms with Gasteiger partial charge in [-0.15, -0.1) is 0 Å². The van der Waals surface area contributed by atoms with Crippen LogP contribution in [0.3, 0.4) is 0 Å². The van der Waals surface area contributed by atoms with Crippen molar-refractivity contribution >= 4 is 22.5 Å². The molecule has 4 nitrogen and oxygen atoms in total. The minimum Gasteiger partial charge on any atom is -0.478 e. The number of alkyl halides is 6. The molecule has 1 heterocycles. The summed E-state index contributed by atoms with van der Waals surface area (Å²) in [6.45, 7) is 4.66. The fraction of sp³-hybridized carbons (Fsp3) is 0.333. The summed E-state index contributed by atoms with van der Waals surface area (Å²) >= 11 is 0. The van der Waals surface area contributed by atoms with Gasteiger partial charge in [0.05, 0.1) is 11.1 Å². The SMILES string of the molecule is CC(C)(C)c1cc(/C(=C\C(=O)O)C(F)(F)F)c2oc(=O)cc(C(F)(F)F)c2c1. The van der Waals surface area contributed by atoms with Gasteiger partial charge in [0.1, 0.15) is 5.58 Å². The number of carboxylic acid groups (broad SMARTS) is 1. The van der Waals surface area contributed by atoms with E-state index < -0.39 is 57.0 Å². The zero-order valence-corrected chi connectivity index (χ0v) is 14.7. The van der Waals surface area contributed by atoms with Gasteiger partial charge in [0, 0.05) is 23.1 Å². The Morgan fingerprint density at radius 1 is 1.04 bits per heavy atom. The van der Waals surface area contributed by atoms with E-state index in [1.165, 1.54) is 0 Å². The lowest BCUT2D eigenvalue weighted by Crippen LogP contribution is -2.18. The number of allylic oxidation sites excluding steroid dienone is 1. The van der Waals surface area contributed by atoms with Crippen LogP contribution in [0.1, 0.15) is 37.5 Å². The molecular weight excluding hydrogens is 394 g/mol. The lowest BCUT2D eigenvalue weighted by atomic mass is 9.83. The van der Waals surface area contributed by atoms with E-state index in [2.05, 4.69) is 4.42 Å². The maximum Gasteiger partial charge on any atom is 0.417 e. The summed E-state index contributed by atoms with van der Waals surface area (Å²) < 4.78 is 85.3. The maximum atomic E-state index is 13.5. The van der Waals surface area contributed by atoms with Gasteiger partial charge in [-0.2, -0.15) is 26.3 Å². The standard InChI is InChI=1S/C18H14F6O4/c1-16(2,3)8-4-9(11(6-13(25)26)17(19,20)21)15-10(5-8)12(18(22,23)24)7-14(27)28-15/h4-7H,1-3H3,(H,25,26)/b11-6+. The number of halogens is 6. The van der Waals surface area contributed by atoms with E-state index in [9.17, 15) is 35.9 Å². The van der Waals surface area contributed by atoms with Crippen LogP contribution in [0.5, 0.6) is 0 Å². The second kappa shape index (κ2) is 6.68. The van der Waals surface area contributed by atoms with Crippen LogP contribution < -0.4 is 5.63 Å². The summed E-state index contributed by atoms with van der Waals surface area (Å²) in [4.78, 5) is 22.5. The molecule has 2 rings (SSSR count). The summed E-state index contributed by atoms with van der Waals surface area (Å²) in [5.74, 6) is -1.96. The Bertz CT molecular complexity index is 1020. The molecule has 1 aromatic heterocycles. The van der Waals surface area contributed by atoms with Gasteiger partial charge in [0.15, 0.2) is 0 Å². The molecule has 2 aromatic rings. The van der Waals surface area contributed by atoms with E-state index in [1.54, 1.807) is 20.8 Å². The highest BCUT2D eigenvalue weighted by Crippen LogP contribution is 2.42. The van der Waals surface area contributed by atoms with Crippen molar-refractivity contribution in [2.45, 2.75) is 38.5 Å². The molecule has 10 heteroatoms. The monoisotopic (exact) mass is 408 g/mol. The predicted molar refractivity (Wildman–Crippen MR) is 87.9 cm³/mol. The molecule has 0 aliphatic rings. The molecule has 0 atom stereocenters. The van der Waals surface area contributed by atoms with Crippen molar-refractivity contribution in [3.63, 3.8) is 0 Å². The summed E-state index contributed by atoms with van der Waals surface area (Å²) in [6, 6.07) is 2.01. The van der Waals surface area contributed by atoms with E-state index in [1.807, 2.05) is 0 Å². The van der Waals surface area contributed by atoms with E-state index >= 15 is 0 Å².